The predicted octanol–water partition coefficient (Wildman–Crippen LogP) is 2.42. The van der Waals surface area contributed by atoms with Crippen LogP contribution in [0, 0.1) is 23.7 Å². The fraction of sp³-hybridized carbons (Fsp3) is 1.00. The maximum atomic E-state index is 11.0. The fourth-order valence-electron chi connectivity index (χ4n) is 3.99. The molecule has 1 saturated heterocycles. The second-order valence-corrected chi connectivity index (χ2v) is 6.46. The molecule has 2 rings (SSSR count). The molecule has 0 aromatic heterocycles. The van der Waals surface area contributed by atoms with Crippen molar-refractivity contribution in [3.63, 3.8) is 0 Å². The lowest BCUT2D eigenvalue weighted by molar-refractivity contribution is -0.103. The summed E-state index contributed by atoms with van der Waals surface area (Å²) in [7, 11) is 0. The summed E-state index contributed by atoms with van der Waals surface area (Å²) in [6, 6.07) is 0. The van der Waals surface area contributed by atoms with Gasteiger partial charge in [0.1, 0.15) is 0 Å². The first-order chi connectivity index (χ1) is 7.52. The molecule has 4 atom stereocenters. The third kappa shape index (κ3) is 2.28. The average molecular weight is 225 g/mol. The lowest BCUT2D eigenvalue weighted by Crippen LogP contribution is -2.54. The summed E-state index contributed by atoms with van der Waals surface area (Å²) < 4.78 is 0. The van der Waals surface area contributed by atoms with Gasteiger partial charge in [-0.2, -0.15) is 0 Å². The van der Waals surface area contributed by atoms with Crippen LogP contribution in [0.15, 0.2) is 0 Å². The van der Waals surface area contributed by atoms with E-state index in [2.05, 4.69) is 26.1 Å². The fourth-order valence-corrected chi connectivity index (χ4v) is 3.99. The molecule has 0 spiro atoms. The van der Waals surface area contributed by atoms with Gasteiger partial charge in [-0.05, 0) is 55.9 Å². The minimum Gasteiger partial charge on any atom is -0.389 e. The number of hydrogen-bond donors (Lipinski definition) is 2. The van der Waals surface area contributed by atoms with E-state index < -0.39 is 5.60 Å². The molecule has 2 N–H and O–H groups in total. The lowest BCUT2D eigenvalue weighted by atomic mass is 9.64. The Hall–Kier alpha value is -0.0800. The first-order valence-electron chi connectivity index (χ1n) is 6.95. The summed E-state index contributed by atoms with van der Waals surface area (Å²) in [6.07, 6.45) is 4.74. The van der Waals surface area contributed by atoms with Crippen LogP contribution in [0.4, 0.5) is 0 Å². The number of aliphatic hydroxyl groups is 1. The summed E-state index contributed by atoms with van der Waals surface area (Å²) in [5.74, 6) is 2.52. The topological polar surface area (TPSA) is 32.3 Å². The molecule has 2 nitrogen and oxygen atoms in total. The van der Waals surface area contributed by atoms with E-state index >= 15 is 0 Å². The standard InChI is InChI=1S/C14H27NO/c1-10-6-11(2)8-13(7-10)14(16)4-5-15-9-12(14)3/h10-13,15-16H,4-9H2,1-3H3. The van der Waals surface area contributed by atoms with Crippen molar-refractivity contribution in [2.45, 2.75) is 52.1 Å². The maximum Gasteiger partial charge on any atom is 0.0725 e. The van der Waals surface area contributed by atoms with E-state index in [1.807, 2.05) is 0 Å². The van der Waals surface area contributed by atoms with E-state index in [0.29, 0.717) is 11.8 Å². The van der Waals surface area contributed by atoms with Gasteiger partial charge in [0.15, 0.2) is 0 Å². The minimum absolute atomic E-state index is 0.395. The minimum atomic E-state index is -0.395. The van der Waals surface area contributed by atoms with Crippen molar-refractivity contribution in [3.8, 4) is 0 Å². The first kappa shape index (κ1) is 12.4. The molecular formula is C14H27NO. The van der Waals surface area contributed by atoms with Crippen LogP contribution < -0.4 is 5.32 Å². The average Bonchev–Trinajstić information content (AvgIpc) is 2.21. The van der Waals surface area contributed by atoms with Gasteiger partial charge in [0.2, 0.25) is 0 Å². The van der Waals surface area contributed by atoms with Gasteiger partial charge >= 0.3 is 0 Å². The zero-order chi connectivity index (χ0) is 11.8. The van der Waals surface area contributed by atoms with Crippen molar-refractivity contribution in [1.82, 2.24) is 5.32 Å². The molecule has 16 heavy (non-hydrogen) atoms. The number of rotatable bonds is 1. The second-order valence-electron chi connectivity index (χ2n) is 6.46. The highest BCUT2D eigenvalue weighted by molar-refractivity contribution is 4.97. The molecule has 2 fully saturated rings. The largest absolute Gasteiger partial charge is 0.389 e. The van der Waals surface area contributed by atoms with E-state index in [-0.39, 0.29) is 0 Å². The molecule has 1 heterocycles. The number of piperidine rings is 1. The maximum absolute atomic E-state index is 11.0. The molecule has 0 aromatic rings. The lowest BCUT2D eigenvalue weighted by Gasteiger charge is -2.48. The molecule has 1 aliphatic carbocycles. The Morgan fingerprint density at radius 2 is 1.69 bits per heavy atom. The van der Waals surface area contributed by atoms with Crippen molar-refractivity contribution in [2.75, 3.05) is 13.1 Å². The van der Waals surface area contributed by atoms with Crippen LogP contribution in [0.2, 0.25) is 0 Å². The monoisotopic (exact) mass is 225 g/mol. The summed E-state index contributed by atoms with van der Waals surface area (Å²) in [6.45, 7) is 8.86. The van der Waals surface area contributed by atoms with Crippen molar-refractivity contribution >= 4 is 0 Å². The highest BCUT2D eigenvalue weighted by Crippen LogP contribution is 2.43. The van der Waals surface area contributed by atoms with Crippen molar-refractivity contribution in [1.29, 1.82) is 0 Å². The van der Waals surface area contributed by atoms with E-state index in [1.165, 1.54) is 19.3 Å². The van der Waals surface area contributed by atoms with E-state index in [9.17, 15) is 5.11 Å². The molecule has 2 aliphatic rings. The molecule has 1 saturated carbocycles. The summed E-state index contributed by atoms with van der Waals surface area (Å²) in [4.78, 5) is 0. The molecule has 94 valence electrons. The highest BCUT2D eigenvalue weighted by atomic mass is 16.3. The summed E-state index contributed by atoms with van der Waals surface area (Å²) in [5, 5.41) is 14.4. The Bertz CT molecular complexity index is 233. The van der Waals surface area contributed by atoms with Crippen molar-refractivity contribution in [3.05, 3.63) is 0 Å². The Kier molecular flexibility index (Phi) is 3.60. The van der Waals surface area contributed by atoms with Crippen LogP contribution in [-0.2, 0) is 0 Å². The quantitative estimate of drug-likeness (QED) is 0.718. The van der Waals surface area contributed by atoms with Crippen molar-refractivity contribution < 1.29 is 5.11 Å². The van der Waals surface area contributed by atoms with Crippen LogP contribution in [0.5, 0.6) is 0 Å². The first-order valence-corrected chi connectivity index (χ1v) is 6.95. The van der Waals surface area contributed by atoms with E-state index in [4.69, 9.17) is 0 Å². The van der Waals surface area contributed by atoms with E-state index in [0.717, 1.165) is 31.3 Å². The normalized spacial score (nSPS) is 50.2. The Morgan fingerprint density at radius 1 is 1.06 bits per heavy atom. The Morgan fingerprint density at radius 3 is 2.25 bits per heavy atom. The van der Waals surface area contributed by atoms with Crippen LogP contribution in [0.1, 0.15) is 46.5 Å². The number of nitrogens with one attached hydrogen (secondary N) is 1. The van der Waals surface area contributed by atoms with Gasteiger partial charge in [-0.1, -0.05) is 20.8 Å². The van der Waals surface area contributed by atoms with E-state index in [1.54, 1.807) is 0 Å². The van der Waals surface area contributed by atoms with Crippen LogP contribution >= 0.6 is 0 Å². The molecule has 0 radical (unpaired) electrons. The van der Waals surface area contributed by atoms with Gasteiger partial charge in [0.25, 0.3) is 0 Å². The molecule has 2 heteroatoms. The zero-order valence-electron chi connectivity index (χ0n) is 11.0. The zero-order valence-corrected chi connectivity index (χ0v) is 11.0. The van der Waals surface area contributed by atoms with Crippen LogP contribution in [0.3, 0.4) is 0 Å². The van der Waals surface area contributed by atoms with Crippen molar-refractivity contribution in [2.24, 2.45) is 23.7 Å². The third-order valence-electron chi connectivity index (χ3n) is 4.89. The number of hydrogen-bond acceptors (Lipinski definition) is 2. The van der Waals surface area contributed by atoms with Gasteiger partial charge in [-0.25, -0.2) is 0 Å². The van der Waals surface area contributed by atoms with Gasteiger partial charge in [0.05, 0.1) is 5.60 Å². The molecule has 1 aliphatic heterocycles. The van der Waals surface area contributed by atoms with Crippen LogP contribution in [-0.4, -0.2) is 23.8 Å². The molecule has 0 aromatic carbocycles. The van der Waals surface area contributed by atoms with Gasteiger partial charge in [0, 0.05) is 6.54 Å². The van der Waals surface area contributed by atoms with Gasteiger partial charge < -0.3 is 10.4 Å². The second kappa shape index (κ2) is 4.66. The molecule has 0 amide bonds. The Labute approximate surface area is 99.8 Å². The Balaban J connectivity index is 2.09. The van der Waals surface area contributed by atoms with Crippen LogP contribution in [0.25, 0.3) is 0 Å². The molecular weight excluding hydrogens is 198 g/mol. The van der Waals surface area contributed by atoms with Gasteiger partial charge in [-0.15, -0.1) is 0 Å². The van der Waals surface area contributed by atoms with Gasteiger partial charge in [-0.3, -0.25) is 0 Å². The SMILES string of the molecule is CC1CC(C)CC(C2(O)CCNCC2C)C1. The predicted molar refractivity (Wildman–Crippen MR) is 67.3 cm³/mol. The summed E-state index contributed by atoms with van der Waals surface area (Å²) in [5.41, 5.74) is -0.395. The highest BCUT2D eigenvalue weighted by Gasteiger charge is 2.45. The molecule has 0 bridgehead atoms. The third-order valence-corrected chi connectivity index (χ3v) is 4.89. The smallest absolute Gasteiger partial charge is 0.0725 e. The molecule has 4 unspecified atom stereocenters. The summed E-state index contributed by atoms with van der Waals surface area (Å²) >= 11 is 0.